The zero-order valence-corrected chi connectivity index (χ0v) is 8.97. The van der Waals surface area contributed by atoms with Gasteiger partial charge in [0.15, 0.2) is 5.78 Å². The highest BCUT2D eigenvalue weighted by Crippen LogP contribution is 2.11. The third-order valence-electron chi connectivity index (χ3n) is 1.92. The van der Waals surface area contributed by atoms with Crippen LogP contribution in [0, 0.1) is 0 Å². The molecule has 0 radical (unpaired) electrons. The van der Waals surface area contributed by atoms with E-state index in [9.17, 15) is 4.79 Å². The largest absolute Gasteiger partial charge is 0.333 e. The second kappa shape index (κ2) is 5.26. The lowest BCUT2D eigenvalue weighted by Crippen LogP contribution is -2.06. The van der Waals surface area contributed by atoms with Crippen LogP contribution in [0.25, 0.3) is 10.9 Å². The molecule has 0 spiro atoms. The van der Waals surface area contributed by atoms with E-state index in [0.717, 1.165) is 10.9 Å². The second-order valence-corrected chi connectivity index (χ2v) is 3.06. The summed E-state index contributed by atoms with van der Waals surface area (Å²) >= 11 is 0. The summed E-state index contributed by atoms with van der Waals surface area (Å²) in [5, 5.41) is 5.20. The van der Waals surface area contributed by atoms with E-state index in [4.69, 9.17) is 0 Å². The molecule has 2 aromatic rings. The van der Waals surface area contributed by atoms with Crippen molar-refractivity contribution >= 4 is 16.7 Å². The maximum Gasteiger partial charge on any atom is 0.151 e. The quantitative estimate of drug-likeness (QED) is 0.801. The summed E-state index contributed by atoms with van der Waals surface area (Å²) in [4.78, 5) is 10.9. The standard InChI is InChI=1S/C10H10N2O.CH5N/c1-8(13)7-12-10-5-3-2-4-9(10)6-11-12;1-2/h2-6H,7H2,1H3;2H2,1H3. The van der Waals surface area contributed by atoms with Gasteiger partial charge in [0.25, 0.3) is 0 Å². The lowest BCUT2D eigenvalue weighted by Gasteiger charge is -1.98. The van der Waals surface area contributed by atoms with Gasteiger partial charge >= 0.3 is 0 Å². The van der Waals surface area contributed by atoms with Crippen LogP contribution in [0.5, 0.6) is 0 Å². The van der Waals surface area contributed by atoms with E-state index in [2.05, 4.69) is 10.8 Å². The first kappa shape index (κ1) is 11.4. The summed E-state index contributed by atoms with van der Waals surface area (Å²) in [6.45, 7) is 1.92. The Hall–Kier alpha value is -1.68. The van der Waals surface area contributed by atoms with Gasteiger partial charge in [0.05, 0.1) is 18.3 Å². The van der Waals surface area contributed by atoms with Crippen molar-refractivity contribution in [3.8, 4) is 0 Å². The fourth-order valence-corrected chi connectivity index (χ4v) is 1.36. The molecule has 2 rings (SSSR count). The summed E-state index contributed by atoms with van der Waals surface area (Å²) in [5.41, 5.74) is 5.51. The van der Waals surface area contributed by atoms with Gasteiger partial charge in [-0.3, -0.25) is 9.48 Å². The van der Waals surface area contributed by atoms with Gasteiger partial charge < -0.3 is 5.73 Å². The number of rotatable bonds is 2. The van der Waals surface area contributed by atoms with Crippen molar-refractivity contribution in [2.45, 2.75) is 13.5 Å². The summed E-state index contributed by atoms with van der Waals surface area (Å²) in [7, 11) is 1.50. The third kappa shape index (κ3) is 2.63. The van der Waals surface area contributed by atoms with Crippen molar-refractivity contribution < 1.29 is 4.79 Å². The predicted octanol–water partition coefficient (Wildman–Crippen LogP) is 1.20. The van der Waals surface area contributed by atoms with E-state index in [1.807, 2.05) is 24.3 Å². The molecule has 0 saturated heterocycles. The van der Waals surface area contributed by atoms with Crippen molar-refractivity contribution in [1.82, 2.24) is 9.78 Å². The number of aromatic nitrogens is 2. The molecule has 0 atom stereocenters. The Labute approximate surface area is 88.7 Å². The van der Waals surface area contributed by atoms with E-state index in [1.165, 1.54) is 7.05 Å². The molecule has 0 unspecified atom stereocenters. The topological polar surface area (TPSA) is 60.9 Å². The Balaban J connectivity index is 0.000000531. The Morgan fingerprint density at radius 3 is 2.73 bits per heavy atom. The number of benzene rings is 1. The third-order valence-corrected chi connectivity index (χ3v) is 1.92. The van der Waals surface area contributed by atoms with Gasteiger partial charge in [-0.25, -0.2) is 0 Å². The normalized spacial score (nSPS) is 9.53. The van der Waals surface area contributed by atoms with Gasteiger partial charge in [-0.1, -0.05) is 18.2 Å². The first-order valence-corrected chi connectivity index (χ1v) is 4.75. The number of carbonyl (C=O) groups excluding carboxylic acids is 1. The number of Topliss-reactive ketones (excluding diaryl/α,β-unsaturated/α-hetero) is 1. The molecule has 0 amide bonds. The van der Waals surface area contributed by atoms with Gasteiger partial charge in [0.2, 0.25) is 0 Å². The van der Waals surface area contributed by atoms with Crippen LogP contribution in [0.15, 0.2) is 30.5 Å². The number of para-hydroxylation sites is 1. The van der Waals surface area contributed by atoms with Gasteiger partial charge in [0.1, 0.15) is 0 Å². The number of nitrogens with two attached hydrogens (primary N) is 1. The first-order chi connectivity index (χ1) is 7.27. The average Bonchev–Trinajstić information content (AvgIpc) is 2.64. The van der Waals surface area contributed by atoms with Crippen molar-refractivity contribution in [3.63, 3.8) is 0 Å². The average molecular weight is 205 g/mol. The van der Waals surface area contributed by atoms with Crippen LogP contribution >= 0.6 is 0 Å². The summed E-state index contributed by atoms with van der Waals surface area (Å²) in [5.74, 6) is 0.119. The molecule has 0 saturated carbocycles. The fourth-order valence-electron chi connectivity index (χ4n) is 1.36. The van der Waals surface area contributed by atoms with Gasteiger partial charge in [-0.15, -0.1) is 0 Å². The Bertz CT molecular complexity index is 448. The molecular weight excluding hydrogens is 190 g/mol. The maximum atomic E-state index is 10.9. The minimum atomic E-state index is 0.119. The SMILES string of the molecule is CC(=O)Cn1ncc2ccccc21.CN. The van der Waals surface area contributed by atoms with E-state index >= 15 is 0 Å². The predicted molar refractivity (Wildman–Crippen MR) is 60.5 cm³/mol. The van der Waals surface area contributed by atoms with Crippen LogP contribution in [0.3, 0.4) is 0 Å². The minimum Gasteiger partial charge on any atom is -0.333 e. The molecule has 4 nitrogen and oxygen atoms in total. The van der Waals surface area contributed by atoms with Crippen LogP contribution in [-0.2, 0) is 11.3 Å². The molecule has 15 heavy (non-hydrogen) atoms. The van der Waals surface area contributed by atoms with Crippen LogP contribution in [0.2, 0.25) is 0 Å². The number of fused-ring (bicyclic) bond motifs is 1. The van der Waals surface area contributed by atoms with Crippen molar-refractivity contribution in [1.29, 1.82) is 0 Å². The van der Waals surface area contributed by atoms with E-state index < -0.39 is 0 Å². The Kier molecular flexibility index (Phi) is 4.00. The Morgan fingerprint density at radius 1 is 1.40 bits per heavy atom. The fraction of sp³-hybridized carbons (Fsp3) is 0.273. The molecule has 0 aliphatic heterocycles. The van der Waals surface area contributed by atoms with E-state index in [1.54, 1.807) is 17.8 Å². The molecule has 0 bridgehead atoms. The maximum absolute atomic E-state index is 10.9. The summed E-state index contributed by atoms with van der Waals surface area (Å²) in [6.07, 6.45) is 1.78. The van der Waals surface area contributed by atoms with Crippen molar-refractivity contribution in [3.05, 3.63) is 30.5 Å². The molecule has 4 heteroatoms. The van der Waals surface area contributed by atoms with E-state index in [-0.39, 0.29) is 5.78 Å². The number of ketones is 1. The van der Waals surface area contributed by atoms with Crippen LogP contribution in [0.4, 0.5) is 0 Å². The van der Waals surface area contributed by atoms with Gasteiger partial charge in [-0.2, -0.15) is 5.10 Å². The zero-order chi connectivity index (χ0) is 11.3. The number of carbonyl (C=O) groups is 1. The lowest BCUT2D eigenvalue weighted by molar-refractivity contribution is -0.117. The molecule has 2 N–H and O–H groups in total. The van der Waals surface area contributed by atoms with Crippen LogP contribution in [0.1, 0.15) is 6.92 Å². The van der Waals surface area contributed by atoms with E-state index in [0.29, 0.717) is 6.54 Å². The minimum absolute atomic E-state index is 0.119. The highest BCUT2D eigenvalue weighted by Gasteiger charge is 2.02. The second-order valence-electron chi connectivity index (χ2n) is 3.06. The smallest absolute Gasteiger partial charge is 0.151 e. The van der Waals surface area contributed by atoms with Crippen LogP contribution in [-0.4, -0.2) is 22.6 Å². The molecule has 1 aromatic heterocycles. The molecule has 0 aliphatic carbocycles. The zero-order valence-electron chi connectivity index (χ0n) is 8.97. The molecule has 80 valence electrons. The summed E-state index contributed by atoms with van der Waals surface area (Å²) in [6, 6.07) is 7.85. The molecular formula is C11H15N3O. The highest BCUT2D eigenvalue weighted by molar-refractivity contribution is 5.81. The van der Waals surface area contributed by atoms with Gasteiger partial charge in [-0.05, 0) is 20.0 Å². The van der Waals surface area contributed by atoms with Crippen LogP contribution < -0.4 is 5.73 Å². The number of nitrogens with zero attached hydrogens (tertiary/aromatic N) is 2. The number of hydrogen-bond acceptors (Lipinski definition) is 3. The number of hydrogen-bond donors (Lipinski definition) is 1. The first-order valence-electron chi connectivity index (χ1n) is 4.75. The van der Waals surface area contributed by atoms with Crippen molar-refractivity contribution in [2.75, 3.05) is 7.05 Å². The molecule has 1 aromatic carbocycles. The highest BCUT2D eigenvalue weighted by atomic mass is 16.1. The summed E-state index contributed by atoms with van der Waals surface area (Å²) < 4.78 is 1.72. The molecule has 0 fully saturated rings. The Morgan fingerprint density at radius 2 is 2.07 bits per heavy atom. The van der Waals surface area contributed by atoms with Gasteiger partial charge in [0, 0.05) is 5.39 Å². The lowest BCUT2D eigenvalue weighted by atomic mass is 10.2. The monoisotopic (exact) mass is 205 g/mol. The van der Waals surface area contributed by atoms with Crippen molar-refractivity contribution in [2.24, 2.45) is 5.73 Å². The molecule has 1 heterocycles. The molecule has 0 aliphatic rings.